The fourth-order valence-electron chi connectivity index (χ4n) is 4.42. The third kappa shape index (κ3) is 5.97. The van der Waals surface area contributed by atoms with E-state index in [4.69, 9.17) is 0 Å². The van der Waals surface area contributed by atoms with Crippen molar-refractivity contribution in [3.8, 4) is 0 Å². The summed E-state index contributed by atoms with van der Waals surface area (Å²) in [6, 6.07) is 5.10. The van der Waals surface area contributed by atoms with Crippen molar-refractivity contribution in [2.45, 2.75) is 51.6 Å². The molecule has 0 radical (unpaired) electrons. The van der Waals surface area contributed by atoms with Gasteiger partial charge in [0, 0.05) is 49.0 Å². The number of benzene rings is 1. The van der Waals surface area contributed by atoms with Gasteiger partial charge in [-0.15, -0.1) is 0 Å². The van der Waals surface area contributed by atoms with Crippen LogP contribution < -0.4 is 15.5 Å². The van der Waals surface area contributed by atoms with Crippen LogP contribution in [0.3, 0.4) is 0 Å². The molecule has 1 saturated carbocycles. The highest BCUT2D eigenvalue weighted by Crippen LogP contribution is 2.33. The van der Waals surface area contributed by atoms with Gasteiger partial charge in [0.1, 0.15) is 0 Å². The molecule has 6 heteroatoms. The minimum Gasteiger partial charge on any atom is -0.369 e. The second-order valence-corrected chi connectivity index (χ2v) is 8.49. The number of likely N-dealkylation sites (N-methyl/N-ethyl adjacent to an activating group) is 1. The number of rotatable bonds is 9. The van der Waals surface area contributed by atoms with Crippen molar-refractivity contribution in [2.24, 2.45) is 0 Å². The van der Waals surface area contributed by atoms with Crippen molar-refractivity contribution in [3.63, 3.8) is 0 Å². The zero-order valence-electron chi connectivity index (χ0n) is 19.8. The first-order chi connectivity index (χ1) is 14.7. The van der Waals surface area contributed by atoms with E-state index in [-0.39, 0.29) is 18.4 Å². The maximum atomic E-state index is 13.0. The molecule has 2 amide bonds. The normalized spacial score (nSPS) is 18.4. The zero-order chi connectivity index (χ0) is 23.1. The lowest BCUT2D eigenvalue weighted by atomic mass is 9.88. The van der Waals surface area contributed by atoms with Gasteiger partial charge in [-0.3, -0.25) is 9.59 Å². The Morgan fingerprint density at radius 1 is 1.16 bits per heavy atom. The van der Waals surface area contributed by atoms with Crippen LogP contribution in [0.25, 0.3) is 6.08 Å². The van der Waals surface area contributed by atoms with E-state index in [1.54, 1.807) is 13.1 Å². The number of carbonyl (C=O) groups excluding carboxylic acids is 2. The quantitative estimate of drug-likeness (QED) is 0.594. The fourth-order valence-corrected chi connectivity index (χ4v) is 4.42. The molecule has 0 heterocycles. The highest BCUT2D eigenvalue weighted by atomic mass is 16.2. The molecule has 0 atom stereocenters. The number of amides is 2. The minimum absolute atomic E-state index is 0.109. The Morgan fingerprint density at radius 2 is 1.77 bits per heavy atom. The van der Waals surface area contributed by atoms with Crippen LogP contribution in [-0.2, 0) is 4.79 Å². The van der Waals surface area contributed by atoms with Crippen LogP contribution >= 0.6 is 0 Å². The SMILES string of the molecule is C=Cc1cc(C(=O)NCC(=C)C(=O)NC)c(C)c(N(CC)[C@H]2CC[C@H](N(C)C)CC2)c1. The predicted molar refractivity (Wildman–Crippen MR) is 130 cm³/mol. The Balaban J connectivity index is 2.27. The molecule has 0 saturated heterocycles. The van der Waals surface area contributed by atoms with Gasteiger partial charge >= 0.3 is 0 Å². The molecule has 1 aromatic carbocycles. The predicted octanol–water partition coefficient (Wildman–Crippen LogP) is 3.37. The molecule has 170 valence electrons. The number of hydrogen-bond donors (Lipinski definition) is 2. The van der Waals surface area contributed by atoms with Gasteiger partial charge in [0.25, 0.3) is 5.91 Å². The van der Waals surface area contributed by atoms with E-state index in [9.17, 15) is 9.59 Å². The lowest BCUT2D eigenvalue weighted by Gasteiger charge is -2.40. The van der Waals surface area contributed by atoms with E-state index >= 15 is 0 Å². The second kappa shape index (κ2) is 11.1. The van der Waals surface area contributed by atoms with E-state index in [0.717, 1.165) is 36.2 Å². The lowest BCUT2D eigenvalue weighted by molar-refractivity contribution is -0.117. The van der Waals surface area contributed by atoms with Crippen molar-refractivity contribution in [2.75, 3.05) is 39.1 Å². The summed E-state index contributed by atoms with van der Waals surface area (Å²) in [5.74, 6) is -0.483. The first kappa shape index (κ1) is 24.7. The molecule has 1 fully saturated rings. The Hall–Kier alpha value is -2.60. The van der Waals surface area contributed by atoms with Gasteiger partial charge in [-0.2, -0.15) is 0 Å². The molecule has 1 aliphatic rings. The number of nitrogens with zero attached hydrogens (tertiary/aromatic N) is 2. The first-order valence-corrected chi connectivity index (χ1v) is 11.1. The van der Waals surface area contributed by atoms with Crippen LogP contribution in [0.2, 0.25) is 0 Å². The largest absolute Gasteiger partial charge is 0.369 e. The summed E-state index contributed by atoms with van der Waals surface area (Å²) in [5.41, 5.74) is 3.88. The van der Waals surface area contributed by atoms with Crippen molar-refractivity contribution in [1.82, 2.24) is 15.5 Å². The van der Waals surface area contributed by atoms with E-state index in [2.05, 4.69) is 60.7 Å². The van der Waals surface area contributed by atoms with E-state index < -0.39 is 0 Å². The summed E-state index contributed by atoms with van der Waals surface area (Å²) >= 11 is 0. The van der Waals surface area contributed by atoms with Gasteiger partial charge in [0.2, 0.25) is 5.91 Å². The molecule has 0 bridgehead atoms. The summed E-state index contributed by atoms with van der Waals surface area (Å²) in [4.78, 5) is 29.4. The summed E-state index contributed by atoms with van der Waals surface area (Å²) in [5, 5.41) is 5.35. The van der Waals surface area contributed by atoms with E-state index in [0.29, 0.717) is 23.2 Å². The molecule has 1 aromatic rings. The molecule has 31 heavy (non-hydrogen) atoms. The first-order valence-electron chi connectivity index (χ1n) is 11.1. The number of hydrogen-bond acceptors (Lipinski definition) is 4. The van der Waals surface area contributed by atoms with Crippen LogP contribution in [0.4, 0.5) is 5.69 Å². The lowest BCUT2D eigenvalue weighted by Crippen LogP contribution is -2.42. The molecule has 0 spiro atoms. The highest BCUT2D eigenvalue weighted by molar-refractivity contribution is 5.99. The molecule has 0 unspecified atom stereocenters. The van der Waals surface area contributed by atoms with Crippen LogP contribution in [0, 0.1) is 6.92 Å². The maximum absolute atomic E-state index is 13.0. The summed E-state index contributed by atoms with van der Waals surface area (Å²) in [7, 11) is 5.86. The Kier molecular flexibility index (Phi) is 8.87. The molecule has 6 nitrogen and oxygen atoms in total. The Bertz CT molecular complexity index is 823. The van der Waals surface area contributed by atoms with Crippen molar-refractivity contribution >= 4 is 23.6 Å². The van der Waals surface area contributed by atoms with Crippen LogP contribution in [0.1, 0.15) is 54.1 Å². The van der Waals surface area contributed by atoms with E-state index in [1.165, 1.54) is 12.8 Å². The number of anilines is 1. The van der Waals surface area contributed by atoms with Crippen LogP contribution in [-0.4, -0.2) is 63.0 Å². The van der Waals surface area contributed by atoms with E-state index in [1.807, 2.05) is 13.0 Å². The fraction of sp³-hybridized carbons (Fsp3) is 0.520. The van der Waals surface area contributed by atoms with Gasteiger partial charge in [-0.25, -0.2) is 0 Å². The van der Waals surface area contributed by atoms with Gasteiger partial charge in [0.05, 0.1) is 0 Å². The van der Waals surface area contributed by atoms with Crippen LogP contribution in [0.5, 0.6) is 0 Å². The van der Waals surface area contributed by atoms with Gasteiger partial charge in [-0.1, -0.05) is 19.2 Å². The summed E-state index contributed by atoms with van der Waals surface area (Å²) < 4.78 is 0. The topological polar surface area (TPSA) is 64.7 Å². The minimum atomic E-state index is -0.275. The molecular formula is C25H38N4O2. The Labute approximate surface area is 187 Å². The third-order valence-electron chi connectivity index (χ3n) is 6.38. The summed E-state index contributed by atoms with van der Waals surface area (Å²) in [6.07, 6.45) is 6.43. The standard InChI is InChI=1S/C25H38N4O2/c1-8-19-14-22(25(31)27-16-17(3)24(30)26-5)18(4)23(15-19)29(9-2)21-12-10-20(11-13-21)28(6)7/h8,14-15,20-21H,1,3,9-13,16H2,2,4-7H3,(H,26,30)(H,27,31)/t20-,21-. The van der Waals surface area contributed by atoms with Gasteiger partial charge in [-0.05, 0) is 76.9 Å². The smallest absolute Gasteiger partial charge is 0.251 e. The Morgan fingerprint density at radius 3 is 2.29 bits per heavy atom. The third-order valence-corrected chi connectivity index (χ3v) is 6.38. The molecular weight excluding hydrogens is 388 g/mol. The number of nitrogens with one attached hydrogen (secondary N) is 2. The molecule has 1 aliphatic carbocycles. The average molecular weight is 427 g/mol. The maximum Gasteiger partial charge on any atom is 0.251 e. The van der Waals surface area contributed by atoms with Gasteiger partial charge in [0.15, 0.2) is 0 Å². The molecule has 0 aromatic heterocycles. The van der Waals surface area contributed by atoms with Crippen molar-refractivity contribution < 1.29 is 9.59 Å². The zero-order valence-corrected chi connectivity index (χ0v) is 19.8. The summed E-state index contributed by atoms with van der Waals surface area (Å²) in [6.45, 7) is 12.8. The molecule has 0 aliphatic heterocycles. The molecule has 2 rings (SSSR count). The monoisotopic (exact) mass is 426 g/mol. The molecule has 2 N–H and O–H groups in total. The van der Waals surface area contributed by atoms with Crippen molar-refractivity contribution in [3.05, 3.63) is 47.6 Å². The average Bonchev–Trinajstić information content (AvgIpc) is 2.78. The number of carbonyl (C=O) groups is 2. The highest BCUT2D eigenvalue weighted by Gasteiger charge is 2.28. The van der Waals surface area contributed by atoms with Crippen LogP contribution in [0.15, 0.2) is 30.9 Å². The second-order valence-electron chi connectivity index (χ2n) is 8.49. The van der Waals surface area contributed by atoms with Crippen molar-refractivity contribution in [1.29, 1.82) is 0 Å². The van der Waals surface area contributed by atoms with Gasteiger partial charge < -0.3 is 20.4 Å².